The second-order valence-electron chi connectivity index (χ2n) is 16.6. The van der Waals surface area contributed by atoms with Gasteiger partial charge < -0.3 is 9.80 Å². The molecule has 0 heterocycles. The molecule has 0 unspecified atom stereocenters. The average molecular weight is 735 g/mol. The molecule has 0 amide bonds. The maximum atomic E-state index is 2.44. The molecule has 0 atom stereocenters. The molecule has 1 aliphatic carbocycles. The molecule has 2 heteroatoms. The van der Waals surface area contributed by atoms with Crippen LogP contribution in [0.15, 0.2) is 170 Å². The molecule has 9 aromatic rings. The minimum absolute atomic E-state index is 0.241. The second-order valence-corrected chi connectivity index (χ2v) is 16.6. The Labute approximate surface area is 336 Å². The van der Waals surface area contributed by atoms with E-state index in [1.165, 1.54) is 88.2 Å². The average Bonchev–Trinajstić information content (AvgIpc) is 3.45. The van der Waals surface area contributed by atoms with E-state index in [1.807, 2.05) is 0 Å². The zero-order chi connectivity index (χ0) is 39.0. The quantitative estimate of drug-likeness (QED) is 0.157. The monoisotopic (exact) mass is 734 g/mol. The highest BCUT2D eigenvalue weighted by Gasteiger charge is 2.40. The zero-order valence-electron chi connectivity index (χ0n) is 33.6. The second kappa shape index (κ2) is 13.2. The number of hydrogen-bond donors (Lipinski definition) is 0. The number of aryl methyl sites for hydroxylation is 4. The summed E-state index contributed by atoms with van der Waals surface area (Å²) in [6.07, 6.45) is 0. The highest BCUT2D eigenvalue weighted by molar-refractivity contribution is 6.20. The van der Waals surface area contributed by atoms with E-state index in [2.05, 4.69) is 221 Å². The Bertz CT molecular complexity index is 2990. The molecule has 276 valence electrons. The van der Waals surface area contributed by atoms with Crippen LogP contribution in [-0.4, -0.2) is 0 Å². The standard InChI is InChI=1S/C55H46N2/c1-35-27-36(2)30-44(29-35)56(40-15-9-7-10-16-40)42-22-25-46-39(33-42)21-24-50-52-48-20-14-13-19-47(48)51-34-43(23-26-49(51)54(52)55(5,6)53(46)50)57(41-17-11-8-12-18-41)45-31-37(3)28-38(4)32-45/h7-34H,1-6H3. The Hall–Kier alpha value is -6.64. The number of hydrogen-bond acceptors (Lipinski definition) is 2. The third-order valence-corrected chi connectivity index (χ3v) is 12.0. The lowest BCUT2D eigenvalue weighted by Crippen LogP contribution is -2.16. The van der Waals surface area contributed by atoms with Crippen LogP contribution in [0.25, 0.3) is 43.4 Å². The smallest absolute Gasteiger partial charge is 0.0468 e. The van der Waals surface area contributed by atoms with Gasteiger partial charge in [-0.15, -0.1) is 0 Å². The van der Waals surface area contributed by atoms with Crippen molar-refractivity contribution < 1.29 is 0 Å². The first-order chi connectivity index (χ1) is 27.7. The number of nitrogens with zero attached hydrogens (tertiary/aromatic N) is 2. The summed E-state index contributed by atoms with van der Waals surface area (Å²) in [6, 6.07) is 63.2. The molecule has 0 aliphatic heterocycles. The van der Waals surface area contributed by atoms with Crippen LogP contribution in [0, 0.1) is 27.7 Å². The Kier molecular flexibility index (Phi) is 8.09. The molecule has 57 heavy (non-hydrogen) atoms. The third kappa shape index (κ3) is 5.70. The summed E-state index contributed by atoms with van der Waals surface area (Å²) in [5.41, 5.74) is 17.3. The lowest BCUT2D eigenvalue weighted by atomic mass is 9.77. The van der Waals surface area contributed by atoms with Crippen LogP contribution in [-0.2, 0) is 5.41 Å². The van der Waals surface area contributed by atoms with Crippen LogP contribution >= 0.6 is 0 Å². The lowest BCUT2D eigenvalue weighted by molar-refractivity contribution is 0.672. The fraction of sp³-hybridized carbons (Fsp3) is 0.127. The molecule has 1 aliphatic rings. The van der Waals surface area contributed by atoms with Crippen LogP contribution in [0.4, 0.5) is 34.1 Å². The topological polar surface area (TPSA) is 6.48 Å². The molecule has 0 bridgehead atoms. The van der Waals surface area contributed by atoms with Crippen molar-refractivity contribution in [2.45, 2.75) is 47.0 Å². The van der Waals surface area contributed by atoms with Crippen LogP contribution in [0.5, 0.6) is 0 Å². The summed E-state index contributed by atoms with van der Waals surface area (Å²) < 4.78 is 0. The summed E-state index contributed by atoms with van der Waals surface area (Å²) in [4.78, 5) is 4.80. The van der Waals surface area contributed by atoms with Crippen molar-refractivity contribution in [1.29, 1.82) is 0 Å². The molecular weight excluding hydrogens is 689 g/mol. The predicted molar refractivity (Wildman–Crippen MR) is 245 cm³/mol. The van der Waals surface area contributed by atoms with E-state index in [1.54, 1.807) is 0 Å². The first-order valence-corrected chi connectivity index (χ1v) is 20.1. The molecular formula is C55H46N2. The van der Waals surface area contributed by atoms with Crippen molar-refractivity contribution in [2.75, 3.05) is 9.80 Å². The van der Waals surface area contributed by atoms with Crippen LogP contribution in [0.3, 0.4) is 0 Å². The van der Waals surface area contributed by atoms with Gasteiger partial charge in [0.25, 0.3) is 0 Å². The largest absolute Gasteiger partial charge is 0.310 e. The van der Waals surface area contributed by atoms with Crippen LogP contribution in [0.1, 0.15) is 47.2 Å². The van der Waals surface area contributed by atoms with Gasteiger partial charge in [0, 0.05) is 39.5 Å². The van der Waals surface area contributed by atoms with E-state index in [0.29, 0.717) is 0 Å². The van der Waals surface area contributed by atoms with Crippen molar-refractivity contribution in [3.63, 3.8) is 0 Å². The Morgan fingerprint density at radius 1 is 0.333 bits per heavy atom. The molecule has 2 nitrogen and oxygen atoms in total. The van der Waals surface area contributed by atoms with Gasteiger partial charge >= 0.3 is 0 Å². The molecule has 0 spiro atoms. The Morgan fingerprint density at radius 3 is 1.39 bits per heavy atom. The predicted octanol–water partition coefficient (Wildman–Crippen LogP) is 15.6. The molecule has 0 aromatic heterocycles. The Balaban J connectivity index is 1.17. The Morgan fingerprint density at radius 2 is 0.825 bits per heavy atom. The van der Waals surface area contributed by atoms with Crippen molar-refractivity contribution in [3.05, 3.63) is 203 Å². The van der Waals surface area contributed by atoms with E-state index < -0.39 is 0 Å². The first-order valence-electron chi connectivity index (χ1n) is 20.1. The number of fused-ring (bicyclic) bond motifs is 10. The van der Waals surface area contributed by atoms with E-state index in [4.69, 9.17) is 0 Å². The van der Waals surface area contributed by atoms with Crippen LogP contribution < -0.4 is 9.80 Å². The zero-order valence-corrected chi connectivity index (χ0v) is 33.6. The molecule has 10 rings (SSSR count). The summed E-state index contributed by atoms with van der Waals surface area (Å²) >= 11 is 0. The number of anilines is 6. The highest BCUT2D eigenvalue weighted by atomic mass is 15.1. The van der Waals surface area contributed by atoms with Crippen molar-refractivity contribution >= 4 is 66.4 Å². The van der Waals surface area contributed by atoms with Crippen molar-refractivity contribution in [2.24, 2.45) is 0 Å². The minimum atomic E-state index is -0.241. The fourth-order valence-corrected chi connectivity index (χ4v) is 9.92. The van der Waals surface area contributed by atoms with Gasteiger partial charge in [-0.1, -0.05) is 111 Å². The van der Waals surface area contributed by atoms with Gasteiger partial charge in [0.15, 0.2) is 0 Å². The van der Waals surface area contributed by atoms with E-state index in [9.17, 15) is 0 Å². The summed E-state index contributed by atoms with van der Waals surface area (Å²) in [7, 11) is 0. The van der Waals surface area contributed by atoms with Gasteiger partial charge in [0.2, 0.25) is 0 Å². The molecule has 0 radical (unpaired) electrons. The number of rotatable bonds is 6. The first kappa shape index (κ1) is 34.8. The molecule has 9 aromatic carbocycles. The summed E-state index contributed by atoms with van der Waals surface area (Å²) in [5.74, 6) is 0. The van der Waals surface area contributed by atoms with E-state index in [-0.39, 0.29) is 5.41 Å². The molecule has 0 fully saturated rings. The third-order valence-electron chi connectivity index (χ3n) is 12.0. The van der Waals surface area contributed by atoms with Gasteiger partial charge in [0.05, 0.1) is 0 Å². The summed E-state index contributed by atoms with van der Waals surface area (Å²) in [5, 5.41) is 7.75. The molecule has 0 saturated carbocycles. The van der Waals surface area contributed by atoms with E-state index >= 15 is 0 Å². The summed E-state index contributed by atoms with van der Waals surface area (Å²) in [6.45, 7) is 13.6. The normalized spacial score (nSPS) is 12.9. The van der Waals surface area contributed by atoms with Gasteiger partial charge in [-0.25, -0.2) is 0 Å². The molecule has 0 saturated heterocycles. The fourth-order valence-electron chi connectivity index (χ4n) is 9.92. The van der Waals surface area contributed by atoms with Crippen molar-refractivity contribution in [1.82, 2.24) is 0 Å². The van der Waals surface area contributed by atoms with Gasteiger partial charge in [-0.3, -0.25) is 0 Å². The minimum Gasteiger partial charge on any atom is -0.310 e. The van der Waals surface area contributed by atoms with Gasteiger partial charge in [-0.05, 0) is 177 Å². The maximum Gasteiger partial charge on any atom is 0.0468 e. The maximum absolute atomic E-state index is 2.44. The van der Waals surface area contributed by atoms with Gasteiger partial charge in [-0.2, -0.15) is 0 Å². The SMILES string of the molecule is Cc1cc(C)cc(N(c2ccccc2)c2ccc3c4c(ccc3c2)-c2c(c3ccc(N(c5ccccc5)c5cc(C)cc(C)c5)cc3c3ccccc23)C4(C)C)c1. The number of benzene rings is 9. The van der Waals surface area contributed by atoms with Crippen molar-refractivity contribution in [3.8, 4) is 11.1 Å². The highest BCUT2D eigenvalue weighted by Crippen LogP contribution is 2.57. The van der Waals surface area contributed by atoms with Gasteiger partial charge in [0.1, 0.15) is 0 Å². The number of para-hydroxylation sites is 2. The van der Waals surface area contributed by atoms with E-state index in [0.717, 1.165) is 22.7 Å². The van der Waals surface area contributed by atoms with Crippen LogP contribution in [0.2, 0.25) is 0 Å². The molecule has 0 N–H and O–H groups in total. The lowest BCUT2D eigenvalue weighted by Gasteiger charge is -2.29.